The smallest absolute Gasteiger partial charge is 0.191 e. The molecule has 0 aliphatic carbocycles. The van der Waals surface area contributed by atoms with Gasteiger partial charge >= 0.3 is 0 Å². The Kier molecular flexibility index (Phi) is 7.96. The molecule has 0 aliphatic rings. The second kappa shape index (κ2) is 10.5. The third-order valence-corrected chi connectivity index (χ3v) is 4.11. The lowest BCUT2D eigenvalue weighted by atomic mass is 10.1. The minimum Gasteiger partial charge on any atom is -0.496 e. The molecule has 0 saturated heterocycles. The summed E-state index contributed by atoms with van der Waals surface area (Å²) in [6, 6.07) is 14.6. The van der Waals surface area contributed by atoms with E-state index in [9.17, 15) is 0 Å². The van der Waals surface area contributed by atoms with E-state index < -0.39 is 0 Å². The second-order valence-electron chi connectivity index (χ2n) is 6.17. The van der Waals surface area contributed by atoms with Crippen LogP contribution in [0.3, 0.4) is 0 Å². The van der Waals surface area contributed by atoms with E-state index in [0.29, 0.717) is 13.2 Å². The number of aryl methyl sites for hydroxylation is 1. The SMILES string of the molecule is CN=C(NCCc1cc(C)ccc1OC)NCc1cccc(COC)c1. The highest BCUT2D eigenvalue weighted by molar-refractivity contribution is 5.79. The molecule has 0 unspecified atom stereocenters. The summed E-state index contributed by atoms with van der Waals surface area (Å²) in [4.78, 5) is 4.29. The molecule has 0 heterocycles. The summed E-state index contributed by atoms with van der Waals surface area (Å²) in [6.07, 6.45) is 0.870. The number of rotatable bonds is 8. The van der Waals surface area contributed by atoms with E-state index in [-0.39, 0.29) is 0 Å². The van der Waals surface area contributed by atoms with Gasteiger partial charge in [-0.2, -0.15) is 0 Å². The van der Waals surface area contributed by atoms with Crippen LogP contribution in [-0.2, 0) is 24.3 Å². The van der Waals surface area contributed by atoms with Crippen LogP contribution in [0.5, 0.6) is 5.75 Å². The molecule has 0 spiro atoms. The van der Waals surface area contributed by atoms with E-state index in [0.717, 1.165) is 24.7 Å². The van der Waals surface area contributed by atoms with Crippen molar-refractivity contribution in [1.29, 1.82) is 0 Å². The predicted molar refractivity (Wildman–Crippen MR) is 107 cm³/mol. The van der Waals surface area contributed by atoms with Gasteiger partial charge in [0, 0.05) is 27.2 Å². The molecular weight excluding hydrogens is 326 g/mol. The minimum atomic E-state index is 0.624. The molecule has 26 heavy (non-hydrogen) atoms. The molecule has 2 aromatic carbocycles. The van der Waals surface area contributed by atoms with Gasteiger partial charge in [0.05, 0.1) is 13.7 Å². The molecule has 2 rings (SSSR count). The Morgan fingerprint density at radius 1 is 1.04 bits per heavy atom. The van der Waals surface area contributed by atoms with Crippen LogP contribution in [0.2, 0.25) is 0 Å². The number of ether oxygens (including phenoxy) is 2. The first-order valence-corrected chi connectivity index (χ1v) is 8.81. The van der Waals surface area contributed by atoms with Crippen molar-refractivity contribution >= 4 is 5.96 Å². The molecule has 5 heteroatoms. The number of benzene rings is 2. The zero-order chi connectivity index (χ0) is 18.8. The highest BCUT2D eigenvalue weighted by Crippen LogP contribution is 2.19. The number of nitrogens with zero attached hydrogens (tertiary/aromatic N) is 1. The predicted octanol–water partition coefficient (Wildman–Crippen LogP) is 3.06. The lowest BCUT2D eigenvalue weighted by molar-refractivity contribution is 0.185. The number of aliphatic imine (C=N–C) groups is 1. The van der Waals surface area contributed by atoms with Crippen molar-refractivity contribution < 1.29 is 9.47 Å². The van der Waals surface area contributed by atoms with Crippen LogP contribution >= 0.6 is 0 Å². The Bertz CT molecular complexity index is 729. The fraction of sp³-hybridized carbons (Fsp3) is 0.381. The summed E-state index contributed by atoms with van der Waals surface area (Å²) >= 11 is 0. The van der Waals surface area contributed by atoms with Crippen molar-refractivity contribution in [3.05, 3.63) is 64.7 Å². The fourth-order valence-corrected chi connectivity index (χ4v) is 2.82. The fourth-order valence-electron chi connectivity index (χ4n) is 2.82. The largest absolute Gasteiger partial charge is 0.496 e. The molecule has 140 valence electrons. The van der Waals surface area contributed by atoms with E-state index in [1.807, 2.05) is 12.1 Å². The zero-order valence-electron chi connectivity index (χ0n) is 16.1. The van der Waals surface area contributed by atoms with Gasteiger partial charge in [0.15, 0.2) is 5.96 Å². The van der Waals surface area contributed by atoms with Gasteiger partial charge in [-0.05, 0) is 36.1 Å². The van der Waals surface area contributed by atoms with E-state index >= 15 is 0 Å². The van der Waals surface area contributed by atoms with Gasteiger partial charge in [-0.25, -0.2) is 0 Å². The normalized spacial score (nSPS) is 11.3. The summed E-state index contributed by atoms with van der Waals surface area (Å²) in [6.45, 7) is 4.21. The monoisotopic (exact) mass is 355 g/mol. The average molecular weight is 355 g/mol. The van der Waals surface area contributed by atoms with E-state index in [1.165, 1.54) is 22.3 Å². The molecule has 5 nitrogen and oxygen atoms in total. The molecule has 0 saturated carbocycles. The van der Waals surface area contributed by atoms with Gasteiger partial charge in [-0.15, -0.1) is 0 Å². The van der Waals surface area contributed by atoms with Gasteiger partial charge in [-0.3, -0.25) is 4.99 Å². The molecule has 2 N–H and O–H groups in total. The second-order valence-corrected chi connectivity index (χ2v) is 6.17. The van der Waals surface area contributed by atoms with Crippen LogP contribution in [0.4, 0.5) is 0 Å². The molecular formula is C21H29N3O2. The number of hydrogen-bond acceptors (Lipinski definition) is 3. The highest BCUT2D eigenvalue weighted by atomic mass is 16.5. The number of hydrogen-bond donors (Lipinski definition) is 2. The maximum absolute atomic E-state index is 5.44. The Hall–Kier alpha value is -2.53. The number of guanidine groups is 1. The van der Waals surface area contributed by atoms with Crippen LogP contribution in [0.15, 0.2) is 47.5 Å². The molecule has 0 atom stereocenters. The molecule has 0 radical (unpaired) electrons. The van der Waals surface area contributed by atoms with Gasteiger partial charge in [-0.1, -0.05) is 42.0 Å². The topological polar surface area (TPSA) is 54.9 Å². The molecule has 0 amide bonds. The first-order chi connectivity index (χ1) is 12.7. The van der Waals surface area contributed by atoms with Gasteiger partial charge in [0.2, 0.25) is 0 Å². The Labute approximate surface area is 156 Å². The van der Waals surface area contributed by atoms with E-state index in [4.69, 9.17) is 9.47 Å². The lowest BCUT2D eigenvalue weighted by Crippen LogP contribution is -2.37. The minimum absolute atomic E-state index is 0.624. The molecule has 2 aromatic rings. The van der Waals surface area contributed by atoms with Crippen LogP contribution in [0.25, 0.3) is 0 Å². The van der Waals surface area contributed by atoms with Crippen molar-refractivity contribution in [3.8, 4) is 5.75 Å². The number of nitrogens with one attached hydrogen (secondary N) is 2. The lowest BCUT2D eigenvalue weighted by Gasteiger charge is -2.14. The van der Waals surface area contributed by atoms with Crippen molar-refractivity contribution in [2.24, 2.45) is 4.99 Å². The first-order valence-electron chi connectivity index (χ1n) is 8.81. The Balaban J connectivity index is 1.85. The quantitative estimate of drug-likeness (QED) is 0.564. The van der Waals surface area contributed by atoms with Crippen LogP contribution in [0, 0.1) is 6.92 Å². The average Bonchev–Trinajstić information content (AvgIpc) is 2.65. The van der Waals surface area contributed by atoms with Crippen molar-refractivity contribution in [1.82, 2.24) is 10.6 Å². The third kappa shape index (κ3) is 6.08. The maximum Gasteiger partial charge on any atom is 0.191 e. The van der Waals surface area contributed by atoms with Gasteiger partial charge < -0.3 is 20.1 Å². The van der Waals surface area contributed by atoms with Gasteiger partial charge in [0.1, 0.15) is 5.75 Å². The standard InChI is InChI=1S/C21H29N3O2/c1-16-8-9-20(26-4)19(12-16)10-11-23-21(22-2)24-14-17-6-5-7-18(13-17)15-25-3/h5-9,12-13H,10-11,14-15H2,1-4H3,(H2,22,23,24). The molecule has 0 fully saturated rings. The summed E-state index contributed by atoms with van der Waals surface area (Å²) in [5.41, 5.74) is 4.80. The van der Waals surface area contributed by atoms with E-state index in [2.05, 4.69) is 52.9 Å². The third-order valence-electron chi connectivity index (χ3n) is 4.11. The van der Waals surface area contributed by atoms with Gasteiger partial charge in [0.25, 0.3) is 0 Å². The van der Waals surface area contributed by atoms with Crippen LogP contribution < -0.4 is 15.4 Å². The summed E-state index contributed by atoms with van der Waals surface area (Å²) in [7, 11) is 5.20. The summed E-state index contributed by atoms with van der Waals surface area (Å²) < 4.78 is 10.6. The maximum atomic E-state index is 5.44. The Morgan fingerprint density at radius 3 is 2.58 bits per heavy atom. The Morgan fingerprint density at radius 2 is 1.85 bits per heavy atom. The molecule has 0 aromatic heterocycles. The van der Waals surface area contributed by atoms with Crippen LogP contribution in [0.1, 0.15) is 22.3 Å². The van der Waals surface area contributed by atoms with Crippen molar-refractivity contribution in [2.45, 2.75) is 26.5 Å². The molecule has 0 bridgehead atoms. The van der Waals surface area contributed by atoms with Crippen LogP contribution in [-0.4, -0.2) is 33.8 Å². The summed E-state index contributed by atoms with van der Waals surface area (Å²) in [5.74, 6) is 1.71. The van der Waals surface area contributed by atoms with Crippen molar-refractivity contribution in [3.63, 3.8) is 0 Å². The zero-order valence-corrected chi connectivity index (χ0v) is 16.1. The van der Waals surface area contributed by atoms with Crippen molar-refractivity contribution in [2.75, 3.05) is 27.8 Å². The number of methoxy groups -OCH3 is 2. The molecule has 0 aliphatic heterocycles. The first kappa shape index (κ1) is 19.8. The van der Waals surface area contributed by atoms with E-state index in [1.54, 1.807) is 21.3 Å². The summed E-state index contributed by atoms with van der Waals surface area (Å²) in [5, 5.41) is 6.71. The highest BCUT2D eigenvalue weighted by Gasteiger charge is 2.04.